The quantitative estimate of drug-likeness (QED) is 0.464. The van der Waals surface area contributed by atoms with Crippen molar-refractivity contribution in [3.63, 3.8) is 0 Å². The third-order valence-corrected chi connectivity index (χ3v) is 1.31. The largest absolute Gasteiger partial charge is 0.149 e. The molecular weight excluding hydrogens is 92.1 g/mol. The van der Waals surface area contributed by atoms with Gasteiger partial charge in [-0.05, 0) is 18.4 Å². The summed E-state index contributed by atoms with van der Waals surface area (Å²) in [7, 11) is 0. The van der Waals surface area contributed by atoms with Crippen LogP contribution in [0.4, 0.5) is 0 Å². The Morgan fingerprint density at radius 3 is 2.67 bits per heavy atom. The first-order chi connectivity index (χ1) is 2.89. The fourth-order valence-corrected chi connectivity index (χ4v) is 0.802. The van der Waals surface area contributed by atoms with Crippen LogP contribution in [-0.2, 0) is 0 Å². The van der Waals surface area contributed by atoms with Gasteiger partial charge in [-0.2, -0.15) is 0 Å². The minimum Gasteiger partial charge on any atom is -0.149 e. The zero-order valence-corrected chi connectivity index (χ0v) is 4.16. The summed E-state index contributed by atoms with van der Waals surface area (Å²) in [5, 5.41) is 2.02. The van der Waals surface area contributed by atoms with E-state index in [1.54, 1.807) is 11.3 Å². The highest BCUT2D eigenvalue weighted by atomic mass is 32.1. The molecule has 0 aliphatic rings. The second-order valence-corrected chi connectivity index (χ2v) is 2.11. The van der Waals surface area contributed by atoms with Gasteiger partial charge in [0.15, 0.2) is 0 Å². The van der Waals surface area contributed by atoms with Gasteiger partial charge in [0.05, 0.1) is 0 Å². The van der Waals surface area contributed by atoms with Gasteiger partial charge in [-0.3, -0.25) is 0 Å². The predicted molar refractivity (Wildman–Crippen MR) is 28.8 cm³/mol. The van der Waals surface area contributed by atoms with Gasteiger partial charge in [0.25, 0.3) is 0 Å². The molecular formula is C5H5S. The number of hydrogen-bond acceptors (Lipinski definition) is 1. The van der Waals surface area contributed by atoms with Crippen LogP contribution < -0.4 is 0 Å². The zero-order valence-electron chi connectivity index (χ0n) is 3.35. The maximum atomic E-state index is 3.70. The fourth-order valence-electron chi connectivity index (χ4n) is 0.313. The molecule has 1 heteroatoms. The summed E-state index contributed by atoms with van der Waals surface area (Å²) in [5.74, 6) is 0. The van der Waals surface area contributed by atoms with Crippen LogP contribution in [-0.4, -0.2) is 0 Å². The molecule has 0 spiro atoms. The maximum absolute atomic E-state index is 3.70. The van der Waals surface area contributed by atoms with Crippen molar-refractivity contribution in [3.8, 4) is 0 Å². The van der Waals surface area contributed by atoms with E-state index < -0.39 is 0 Å². The van der Waals surface area contributed by atoms with Crippen LogP contribution in [0.1, 0.15) is 4.88 Å². The molecule has 0 atom stereocenters. The summed E-state index contributed by atoms with van der Waals surface area (Å²) in [6.45, 7) is 3.70. The number of thiophene rings is 1. The normalized spacial score (nSPS) is 8.83. The molecule has 1 rings (SSSR count). The number of hydrogen-bond donors (Lipinski definition) is 0. The molecule has 0 aliphatic carbocycles. The molecule has 0 bridgehead atoms. The molecule has 1 aromatic heterocycles. The lowest BCUT2D eigenvalue weighted by Crippen LogP contribution is -1.43. The summed E-state index contributed by atoms with van der Waals surface area (Å²) in [5.41, 5.74) is 0. The van der Waals surface area contributed by atoms with E-state index in [2.05, 4.69) is 6.92 Å². The summed E-state index contributed by atoms with van der Waals surface area (Å²) in [4.78, 5) is 1.13. The van der Waals surface area contributed by atoms with Crippen molar-refractivity contribution in [1.82, 2.24) is 0 Å². The van der Waals surface area contributed by atoms with Gasteiger partial charge in [-0.25, -0.2) is 0 Å². The lowest BCUT2D eigenvalue weighted by atomic mass is 10.5. The van der Waals surface area contributed by atoms with E-state index >= 15 is 0 Å². The highest BCUT2D eigenvalue weighted by Gasteiger charge is 1.74. The van der Waals surface area contributed by atoms with Gasteiger partial charge in [-0.15, -0.1) is 11.3 Å². The van der Waals surface area contributed by atoms with Crippen molar-refractivity contribution in [2.45, 2.75) is 0 Å². The van der Waals surface area contributed by atoms with Gasteiger partial charge in [0, 0.05) is 4.88 Å². The first kappa shape index (κ1) is 3.88. The molecule has 0 unspecified atom stereocenters. The summed E-state index contributed by atoms with van der Waals surface area (Å²) in [6, 6.07) is 3.98. The molecule has 0 amide bonds. The van der Waals surface area contributed by atoms with E-state index in [4.69, 9.17) is 0 Å². The van der Waals surface area contributed by atoms with E-state index in [-0.39, 0.29) is 0 Å². The topological polar surface area (TPSA) is 0 Å². The Bertz CT molecular complexity index is 107. The van der Waals surface area contributed by atoms with Gasteiger partial charge in [-0.1, -0.05) is 6.07 Å². The molecule has 1 aromatic rings. The third kappa shape index (κ3) is 0.601. The van der Waals surface area contributed by atoms with E-state index in [9.17, 15) is 0 Å². The summed E-state index contributed by atoms with van der Waals surface area (Å²) in [6.07, 6.45) is 0. The zero-order chi connectivity index (χ0) is 4.41. The third-order valence-electron chi connectivity index (χ3n) is 0.580. The molecule has 0 aromatic carbocycles. The minimum atomic E-state index is 1.13. The second kappa shape index (κ2) is 1.43. The van der Waals surface area contributed by atoms with Crippen LogP contribution in [0.25, 0.3) is 0 Å². The Morgan fingerprint density at radius 1 is 1.67 bits per heavy atom. The van der Waals surface area contributed by atoms with Crippen LogP contribution in [0.15, 0.2) is 17.5 Å². The summed E-state index contributed by atoms with van der Waals surface area (Å²) < 4.78 is 0. The van der Waals surface area contributed by atoms with Crippen molar-refractivity contribution in [3.05, 3.63) is 29.3 Å². The van der Waals surface area contributed by atoms with Crippen molar-refractivity contribution in [2.24, 2.45) is 0 Å². The van der Waals surface area contributed by atoms with Crippen LogP contribution in [0.3, 0.4) is 0 Å². The van der Waals surface area contributed by atoms with Crippen LogP contribution in [0.2, 0.25) is 0 Å². The van der Waals surface area contributed by atoms with Gasteiger partial charge < -0.3 is 0 Å². The van der Waals surface area contributed by atoms with E-state index in [0.717, 1.165) is 4.88 Å². The van der Waals surface area contributed by atoms with Crippen LogP contribution in [0, 0.1) is 6.92 Å². The van der Waals surface area contributed by atoms with Crippen LogP contribution >= 0.6 is 11.3 Å². The average Bonchev–Trinajstić information content (AvgIpc) is 1.86. The van der Waals surface area contributed by atoms with Crippen LogP contribution in [0.5, 0.6) is 0 Å². The predicted octanol–water partition coefficient (Wildman–Crippen LogP) is 1.93. The Morgan fingerprint density at radius 2 is 2.50 bits per heavy atom. The Balaban J connectivity index is 3.05. The Labute approximate surface area is 41.4 Å². The Kier molecular flexibility index (Phi) is 0.926. The molecule has 0 aliphatic heterocycles. The highest BCUT2D eigenvalue weighted by molar-refractivity contribution is 7.10. The molecule has 0 nitrogen and oxygen atoms in total. The monoisotopic (exact) mass is 97.0 g/mol. The first-order valence-electron chi connectivity index (χ1n) is 1.75. The Hall–Kier alpha value is -0.300. The molecule has 0 N–H and O–H groups in total. The van der Waals surface area contributed by atoms with Crippen molar-refractivity contribution in [2.75, 3.05) is 0 Å². The standard InChI is InChI=1S/C5H5S/c1-5-3-2-4-6-5/h2-4H,1H2. The minimum absolute atomic E-state index is 1.13. The molecule has 0 saturated heterocycles. The van der Waals surface area contributed by atoms with Gasteiger partial charge in [0.2, 0.25) is 0 Å². The molecule has 0 saturated carbocycles. The molecule has 31 valence electrons. The van der Waals surface area contributed by atoms with E-state index in [1.807, 2.05) is 17.5 Å². The lowest BCUT2D eigenvalue weighted by Gasteiger charge is -1.65. The fraction of sp³-hybridized carbons (Fsp3) is 0. The molecule has 1 radical (unpaired) electrons. The van der Waals surface area contributed by atoms with Gasteiger partial charge in [0.1, 0.15) is 0 Å². The smallest absolute Gasteiger partial charge is 0.00488 e. The van der Waals surface area contributed by atoms with E-state index in [0.29, 0.717) is 0 Å². The second-order valence-electron chi connectivity index (χ2n) is 1.08. The SMILES string of the molecule is [CH2]c1cccs1. The van der Waals surface area contributed by atoms with E-state index in [1.165, 1.54) is 0 Å². The first-order valence-corrected chi connectivity index (χ1v) is 2.63. The molecule has 6 heavy (non-hydrogen) atoms. The number of rotatable bonds is 0. The maximum Gasteiger partial charge on any atom is 0.00488 e. The summed E-state index contributed by atoms with van der Waals surface area (Å²) >= 11 is 1.67. The van der Waals surface area contributed by atoms with Crippen molar-refractivity contribution >= 4 is 11.3 Å². The molecule has 1 heterocycles. The van der Waals surface area contributed by atoms with Crippen molar-refractivity contribution in [1.29, 1.82) is 0 Å². The average molecular weight is 97.2 g/mol. The molecule has 0 fully saturated rings. The lowest BCUT2D eigenvalue weighted by molar-refractivity contribution is 1.89. The highest BCUT2D eigenvalue weighted by Crippen LogP contribution is 2.03. The van der Waals surface area contributed by atoms with Crippen molar-refractivity contribution < 1.29 is 0 Å². The van der Waals surface area contributed by atoms with Gasteiger partial charge >= 0.3 is 0 Å².